The third-order valence-electron chi connectivity index (χ3n) is 6.22. The van der Waals surface area contributed by atoms with Crippen molar-refractivity contribution in [2.24, 2.45) is 0 Å². The van der Waals surface area contributed by atoms with Crippen molar-refractivity contribution in [1.29, 1.82) is 0 Å². The number of nitrogens with zero attached hydrogens (tertiary/aromatic N) is 2. The standard InChI is InChI=1S/C26H35FN2O2Si/c1-26(2,3)32(6,7)31-23(17-27)18-30-22-14-10-20-11-15-24(28-25(20)16-22)19-8-12-21(13-9-19)29(4)5/h8-16,23H,17-18H2,1-7H3. The van der Waals surface area contributed by atoms with Gasteiger partial charge in [-0.1, -0.05) is 39.0 Å². The molecule has 0 saturated heterocycles. The predicted octanol–water partition coefficient (Wildman–Crippen LogP) is 6.71. The second kappa shape index (κ2) is 9.59. The van der Waals surface area contributed by atoms with E-state index in [-0.39, 0.29) is 11.6 Å². The number of anilines is 1. The quantitative estimate of drug-likeness (QED) is 0.354. The van der Waals surface area contributed by atoms with E-state index in [1.807, 2.05) is 38.4 Å². The van der Waals surface area contributed by atoms with Gasteiger partial charge in [-0.05, 0) is 48.5 Å². The third-order valence-corrected chi connectivity index (χ3v) is 10.8. The summed E-state index contributed by atoms with van der Waals surface area (Å²) in [6.45, 7) is 10.3. The van der Waals surface area contributed by atoms with Gasteiger partial charge in [-0.3, -0.25) is 0 Å². The van der Waals surface area contributed by atoms with E-state index in [2.05, 4.69) is 69.1 Å². The van der Waals surface area contributed by atoms with Gasteiger partial charge < -0.3 is 14.1 Å². The van der Waals surface area contributed by atoms with E-state index in [0.29, 0.717) is 5.75 Å². The maximum atomic E-state index is 13.7. The predicted molar refractivity (Wildman–Crippen MR) is 135 cm³/mol. The fraction of sp³-hybridized carbons (Fsp3) is 0.423. The topological polar surface area (TPSA) is 34.6 Å². The van der Waals surface area contributed by atoms with E-state index >= 15 is 0 Å². The first-order valence-electron chi connectivity index (χ1n) is 11.1. The molecule has 1 unspecified atom stereocenters. The molecule has 0 aliphatic rings. The molecule has 0 bridgehead atoms. The lowest BCUT2D eigenvalue weighted by atomic mass is 10.1. The molecule has 0 fully saturated rings. The van der Waals surface area contributed by atoms with Gasteiger partial charge >= 0.3 is 0 Å². The maximum Gasteiger partial charge on any atom is 0.192 e. The van der Waals surface area contributed by atoms with Gasteiger partial charge in [-0.25, -0.2) is 9.37 Å². The monoisotopic (exact) mass is 454 g/mol. The number of hydrogen-bond donors (Lipinski definition) is 0. The van der Waals surface area contributed by atoms with E-state index < -0.39 is 21.1 Å². The van der Waals surface area contributed by atoms with Crippen molar-refractivity contribution in [3.63, 3.8) is 0 Å². The van der Waals surface area contributed by atoms with Crippen LogP contribution in [-0.2, 0) is 4.43 Å². The molecule has 0 amide bonds. The van der Waals surface area contributed by atoms with Crippen LogP contribution < -0.4 is 9.64 Å². The molecule has 0 radical (unpaired) electrons. The molecular formula is C26H35FN2O2Si. The number of alkyl halides is 1. The first-order chi connectivity index (χ1) is 15.0. The van der Waals surface area contributed by atoms with Crippen LogP contribution in [0.25, 0.3) is 22.2 Å². The molecule has 0 spiro atoms. The largest absolute Gasteiger partial charge is 0.491 e. The lowest BCUT2D eigenvalue weighted by Crippen LogP contribution is -2.46. The second-order valence-electron chi connectivity index (χ2n) is 9.96. The molecule has 0 saturated carbocycles. The lowest BCUT2D eigenvalue weighted by molar-refractivity contribution is 0.0920. The zero-order chi connectivity index (χ0) is 23.5. The van der Waals surface area contributed by atoms with Crippen molar-refractivity contribution in [2.75, 3.05) is 32.3 Å². The molecule has 32 heavy (non-hydrogen) atoms. The Morgan fingerprint density at radius 1 is 1.00 bits per heavy atom. The summed E-state index contributed by atoms with van der Waals surface area (Å²) in [5.41, 5.74) is 3.96. The van der Waals surface area contributed by atoms with Gasteiger partial charge in [-0.2, -0.15) is 0 Å². The highest BCUT2D eigenvalue weighted by molar-refractivity contribution is 6.74. The Kier molecular flexibility index (Phi) is 7.25. The third kappa shape index (κ3) is 5.67. The van der Waals surface area contributed by atoms with Gasteiger partial charge in [0.05, 0.1) is 11.2 Å². The number of ether oxygens (including phenoxy) is 1. The minimum absolute atomic E-state index is 0.0223. The van der Waals surface area contributed by atoms with Gasteiger partial charge in [0.2, 0.25) is 0 Å². The summed E-state index contributed by atoms with van der Waals surface area (Å²) in [5, 5.41) is 1.06. The fourth-order valence-corrected chi connectivity index (χ4v) is 4.49. The van der Waals surface area contributed by atoms with Gasteiger partial charge in [-0.15, -0.1) is 0 Å². The number of hydrogen-bond acceptors (Lipinski definition) is 4. The van der Waals surface area contributed by atoms with Crippen LogP contribution in [0.2, 0.25) is 18.1 Å². The molecule has 3 aromatic rings. The van der Waals surface area contributed by atoms with Crippen molar-refractivity contribution < 1.29 is 13.6 Å². The Morgan fingerprint density at radius 3 is 2.25 bits per heavy atom. The number of benzene rings is 2. The van der Waals surface area contributed by atoms with E-state index in [0.717, 1.165) is 27.8 Å². The van der Waals surface area contributed by atoms with E-state index in [9.17, 15) is 4.39 Å². The molecule has 0 N–H and O–H groups in total. The van der Waals surface area contributed by atoms with Crippen LogP contribution >= 0.6 is 0 Å². The summed E-state index contributed by atoms with van der Waals surface area (Å²) >= 11 is 0. The molecule has 4 nitrogen and oxygen atoms in total. The Balaban J connectivity index is 1.75. The SMILES string of the molecule is CN(C)c1ccc(-c2ccc3ccc(OCC(CF)O[Si](C)(C)C(C)(C)C)cc3n2)cc1. The molecule has 0 aliphatic carbocycles. The molecular weight excluding hydrogens is 419 g/mol. The van der Waals surface area contributed by atoms with Crippen molar-refractivity contribution in [1.82, 2.24) is 4.98 Å². The lowest BCUT2D eigenvalue weighted by Gasteiger charge is -2.38. The van der Waals surface area contributed by atoms with Crippen LogP contribution in [0.5, 0.6) is 5.75 Å². The molecule has 172 valence electrons. The van der Waals surface area contributed by atoms with Gasteiger partial charge in [0.15, 0.2) is 8.32 Å². The van der Waals surface area contributed by atoms with Crippen molar-refractivity contribution in [3.05, 3.63) is 54.6 Å². The van der Waals surface area contributed by atoms with Gasteiger partial charge in [0.25, 0.3) is 0 Å². The van der Waals surface area contributed by atoms with Crippen LogP contribution in [0.15, 0.2) is 54.6 Å². The average Bonchev–Trinajstić information content (AvgIpc) is 2.75. The van der Waals surface area contributed by atoms with Gasteiger partial charge in [0.1, 0.15) is 25.1 Å². The molecule has 1 heterocycles. The molecule has 1 atom stereocenters. The van der Waals surface area contributed by atoms with Crippen LogP contribution in [0, 0.1) is 0 Å². The number of rotatable bonds is 8. The number of halogens is 1. The first-order valence-corrected chi connectivity index (χ1v) is 14.0. The Hall–Kier alpha value is -2.44. The van der Waals surface area contributed by atoms with Crippen molar-refractivity contribution in [3.8, 4) is 17.0 Å². The van der Waals surface area contributed by atoms with E-state index in [1.54, 1.807) is 0 Å². The van der Waals surface area contributed by atoms with Crippen LogP contribution in [0.4, 0.5) is 10.1 Å². The Labute approximate surface area is 192 Å². The number of aromatic nitrogens is 1. The molecule has 2 aromatic carbocycles. The highest BCUT2D eigenvalue weighted by Crippen LogP contribution is 2.37. The van der Waals surface area contributed by atoms with E-state index in [1.165, 1.54) is 0 Å². The summed E-state index contributed by atoms with van der Waals surface area (Å²) in [5.74, 6) is 0.669. The molecule has 0 aliphatic heterocycles. The van der Waals surface area contributed by atoms with Crippen LogP contribution in [0.3, 0.4) is 0 Å². The van der Waals surface area contributed by atoms with E-state index in [4.69, 9.17) is 14.1 Å². The fourth-order valence-electron chi connectivity index (χ4n) is 3.17. The molecule has 1 aromatic heterocycles. The summed E-state index contributed by atoms with van der Waals surface area (Å²) < 4.78 is 25.8. The summed E-state index contributed by atoms with van der Waals surface area (Å²) in [6, 6.07) is 18.2. The second-order valence-corrected chi connectivity index (χ2v) is 14.7. The Bertz CT molecular complexity index is 1050. The van der Waals surface area contributed by atoms with Crippen LogP contribution in [0.1, 0.15) is 20.8 Å². The van der Waals surface area contributed by atoms with Crippen LogP contribution in [-0.4, -0.2) is 46.8 Å². The molecule has 6 heteroatoms. The van der Waals surface area contributed by atoms with Crippen molar-refractivity contribution in [2.45, 2.75) is 45.0 Å². The number of fused-ring (bicyclic) bond motifs is 1. The molecule has 3 rings (SSSR count). The zero-order valence-electron chi connectivity index (χ0n) is 20.3. The summed E-state index contributed by atoms with van der Waals surface area (Å²) in [7, 11) is 1.98. The minimum atomic E-state index is -2.06. The smallest absolute Gasteiger partial charge is 0.192 e. The normalized spacial score (nSPS) is 13.2. The summed E-state index contributed by atoms with van der Waals surface area (Å²) in [6.07, 6.45) is -0.568. The Morgan fingerprint density at radius 2 is 1.66 bits per heavy atom. The summed E-state index contributed by atoms with van der Waals surface area (Å²) in [4.78, 5) is 6.90. The average molecular weight is 455 g/mol. The van der Waals surface area contributed by atoms with Gasteiger partial charge in [0, 0.05) is 36.8 Å². The number of pyridine rings is 1. The van der Waals surface area contributed by atoms with Crippen molar-refractivity contribution >= 4 is 24.9 Å². The highest BCUT2D eigenvalue weighted by Gasteiger charge is 2.39. The first kappa shape index (κ1) is 24.2. The maximum absolute atomic E-state index is 13.7. The zero-order valence-corrected chi connectivity index (χ0v) is 21.3. The minimum Gasteiger partial charge on any atom is -0.491 e. The highest BCUT2D eigenvalue weighted by atomic mass is 28.4.